The minimum absolute atomic E-state index is 0.115. The number of nitrogens with two attached hydrogens (primary N) is 1. The molecule has 0 aliphatic rings. The number of nitrogens with one attached hydrogen (secondary N) is 1. The van der Waals surface area contributed by atoms with Gasteiger partial charge in [-0.1, -0.05) is 0 Å². The van der Waals surface area contributed by atoms with E-state index in [-0.39, 0.29) is 25.2 Å². The second kappa shape index (κ2) is 6.30. The van der Waals surface area contributed by atoms with Crippen LogP contribution in [0.4, 0.5) is 0 Å². The lowest BCUT2D eigenvalue weighted by atomic mass is 10.1. The van der Waals surface area contributed by atoms with Gasteiger partial charge in [-0.05, 0) is 13.3 Å². The molecule has 1 unspecified atom stereocenters. The predicted octanol–water partition coefficient (Wildman–Crippen LogP) is -0.124. The molecule has 0 rings (SSSR count). The lowest BCUT2D eigenvalue weighted by Gasteiger charge is -2.08. The number of esters is 1. The largest absolute Gasteiger partial charge is 0.465 e. The van der Waals surface area contributed by atoms with E-state index in [1.165, 1.54) is 0 Å². The fraction of sp³-hybridized carbons (Fsp3) is 0.625. The highest BCUT2D eigenvalue weighted by molar-refractivity contribution is 6.26. The molecule has 74 valence electrons. The molecule has 5 nitrogen and oxygen atoms in total. The number of ether oxygens (including phenoxy) is 1. The van der Waals surface area contributed by atoms with Gasteiger partial charge in [0.25, 0.3) is 0 Å². The Bertz CT molecular complexity index is 204. The SMILES string of the molecule is CCOC(=O)C(N)CCC(=O)C=N. The fourth-order valence-corrected chi connectivity index (χ4v) is 0.737. The maximum Gasteiger partial charge on any atom is 0.322 e. The van der Waals surface area contributed by atoms with Crippen LogP contribution in [0.25, 0.3) is 0 Å². The number of rotatable bonds is 6. The Morgan fingerprint density at radius 2 is 2.23 bits per heavy atom. The number of Topliss-reactive ketones (excluding diaryl/α,β-unsaturated/α-hetero) is 1. The van der Waals surface area contributed by atoms with E-state index in [9.17, 15) is 9.59 Å². The molecular weight excluding hydrogens is 172 g/mol. The molecule has 0 aliphatic heterocycles. The number of hydrogen-bond donors (Lipinski definition) is 2. The molecule has 0 amide bonds. The fourth-order valence-electron chi connectivity index (χ4n) is 0.737. The minimum Gasteiger partial charge on any atom is -0.465 e. The lowest BCUT2D eigenvalue weighted by Crippen LogP contribution is -2.32. The third-order valence-electron chi connectivity index (χ3n) is 1.45. The lowest BCUT2D eigenvalue weighted by molar-refractivity contribution is -0.144. The summed E-state index contributed by atoms with van der Waals surface area (Å²) in [7, 11) is 0. The summed E-state index contributed by atoms with van der Waals surface area (Å²) < 4.78 is 4.64. The maximum atomic E-state index is 10.9. The molecule has 3 N–H and O–H groups in total. The van der Waals surface area contributed by atoms with E-state index in [0.717, 1.165) is 6.21 Å². The van der Waals surface area contributed by atoms with E-state index in [2.05, 4.69) is 4.74 Å². The summed E-state index contributed by atoms with van der Waals surface area (Å²) in [6, 6.07) is -0.760. The van der Waals surface area contributed by atoms with Crippen LogP contribution in [0, 0.1) is 5.41 Å². The smallest absolute Gasteiger partial charge is 0.322 e. The van der Waals surface area contributed by atoms with Crippen LogP contribution in [-0.2, 0) is 14.3 Å². The van der Waals surface area contributed by atoms with Crippen molar-refractivity contribution in [3.63, 3.8) is 0 Å². The molecule has 0 aromatic heterocycles. The van der Waals surface area contributed by atoms with Gasteiger partial charge in [-0.15, -0.1) is 0 Å². The molecule has 0 aliphatic carbocycles. The molecule has 13 heavy (non-hydrogen) atoms. The van der Waals surface area contributed by atoms with Crippen molar-refractivity contribution >= 4 is 18.0 Å². The maximum absolute atomic E-state index is 10.9. The van der Waals surface area contributed by atoms with Crippen LogP contribution in [0.1, 0.15) is 19.8 Å². The van der Waals surface area contributed by atoms with Crippen molar-refractivity contribution in [3.8, 4) is 0 Å². The predicted molar refractivity (Wildman–Crippen MR) is 47.6 cm³/mol. The zero-order valence-corrected chi connectivity index (χ0v) is 7.58. The minimum atomic E-state index is -0.760. The number of ketones is 1. The van der Waals surface area contributed by atoms with Gasteiger partial charge in [-0.3, -0.25) is 9.59 Å². The van der Waals surface area contributed by atoms with Crippen molar-refractivity contribution < 1.29 is 14.3 Å². The Hall–Kier alpha value is -1.23. The molecule has 0 fully saturated rings. The third kappa shape index (κ3) is 5.08. The summed E-state index contributed by atoms with van der Waals surface area (Å²) in [5.41, 5.74) is 5.40. The number of hydrogen-bond acceptors (Lipinski definition) is 5. The van der Waals surface area contributed by atoms with Gasteiger partial charge in [0.1, 0.15) is 6.04 Å². The van der Waals surface area contributed by atoms with Gasteiger partial charge in [0, 0.05) is 6.42 Å². The van der Waals surface area contributed by atoms with Crippen LogP contribution in [0.15, 0.2) is 0 Å². The second-order valence-electron chi connectivity index (χ2n) is 2.51. The molecule has 5 heteroatoms. The van der Waals surface area contributed by atoms with Crippen molar-refractivity contribution in [2.75, 3.05) is 6.61 Å². The second-order valence-corrected chi connectivity index (χ2v) is 2.51. The first-order valence-corrected chi connectivity index (χ1v) is 4.07. The van der Waals surface area contributed by atoms with Gasteiger partial charge >= 0.3 is 5.97 Å². The Morgan fingerprint density at radius 3 is 2.69 bits per heavy atom. The highest BCUT2D eigenvalue weighted by atomic mass is 16.5. The molecule has 0 saturated heterocycles. The Morgan fingerprint density at radius 1 is 1.62 bits per heavy atom. The van der Waals surface area contributed by atoms with E-state index < -0.39 is 12.0 Å². The van der Waals surface area contributed by atoms with Crippen molar-refractivity contribution in [3.05, 3.63) is 0 Å². The topological polar surface area (TPSA) is 93.2 Å². The molecule has 0 saturated carbocycles. The first-order valence-electron chi connectivity index (χ1n) is 4.07. The van der Waals surface area contributed by atoms with Crippen LogP contribution < -0.4 is 5.73 Å². The number of carbonyl (C=O) groups excluding carboxylic acids is 2. The Kier molecular flexibility index (Phi) is 5.71. The van der Waals surface area contributed by atoms with Crippen molar-refractivity contribution in [1.29, 1.82) is 5.41 Å². The monoisotopic (exact) mass is 186 g/mol. The zero-order valence-electron chi connectivity index (χ0n) is 7.58. The van der Waals surface area contributed by atoms with E-state index in [0.29, 0.717) is 0 Å². The van der Waals surface area contributed by atoms with Crippen LogP contribution in [-0.4, -0.2) is 30.6 Å². The summed E-state index contributed by atoms with van der Waals surface area (Å²) in [6.07, 6.45) is 1.06. The normalized spacial score (nSPS) is 11.8. The van der Waals surface area contributed by atoms with Crippen LogP contribution >= 0.6 is 0 Å². The highest BCUT2D eigenvalue weighted by Gasteiger charge is 2.14. The van der Waals surface area contributed by atoms with Crippen LogP contribution in [0.5, 0.6) is 0 Å². The molecule has 0 aromatic rings. The summed E-state index contributed by atoms with van der Waals surface area (Å²) in [5.74, 6) is -0.833. The standard InChI is InChI=1S/C8H14N2O3/c1-2-13-8(12)7(10)4-3-6(11)5-9/h5,7,9H,2-4,10H2,1H3. The van der Waals surface area contributed by atoms with Gasteiger partial charge in [-0.25, -0.2) is 0 Å². The summed E-state index contributed by atoms with van der Waals surface area (Å²) >= 11 is 0. The molecule has 0 aromatic carbocycles. The zero-order chi connectivity index (χ0) is 10.3. The molecule has 0 spiro atoms. The third-order valence-corrected chi connectivity index (χ3v) is 1.45. The van der Waals surface area contributed by atoms with Crippen LogP contribution in [0.2, 0.25) is 0 Å². The molecule has 0 bridgehead atoms. The van der Waals surface area contributed by atoms with E-state index in [1.807, 2.05) is 0 Å². The van der Waals surface area contributed by atoms with E-state index in [1.54, 1.807) is 6.92 Å². The van der Waals surface area contributed by atoms with Crippen LogP contribution in [0.3, 0.4) is 0 Å². The molecule has 0 radical (unpaired) electrons. The molecule has 0 heterocycles. The first-order chi connectivity index (χ1) is 6.11. The van der Waals surface area contributed by atoms with Gasteiger partial charge in [0.2, 0.25) is 0 Å². The molecular formula is C8H14N2O3. The summed E-state index contributed by atoms with van der Waals surface area (Å²) in [6.45, 7) is 1.97. The van der Waals surface area contributed by atoms with E-state index >= 15 is 0 Å². The van der Waals surface area contributed by atoms with Gasteiger partial charge in [-0.2, -0.15) is 0 Å². The van der Waals surface area contributed by atoms with Crippen molar-refractivity contribution in [2.24, 2.45) is 5.73 Å². The highest BCUT2D eigenvalue weighted by Crippen LogP contribution is 1.97. The van der Waals surface area contributed by atoms with Crippen molar-refractivity contribution in [2.45, 2.75) is 25.8 Å². The quantitative estimate of drug-likeness (QED) is 0.446. The first kappa shape index (κ1) is 11.8. The summed E-state index contributed by atoms with van der Waals surface area (Å²) in [4.78, 5) is 21.6. The van der Waals surface area contributed by atoms with Gasteiger partial charge in [0.05, 0.1) is 12.8 Å². The average Bonchev–Trinajstić information content (AvgIpc) is 2.13. The van der Waals surface area contributed by atoms with Crippen molar-refractivity contribution in [1.82, 2.24) is 0 Å². The average molecular weight is 186 g/mol. The molecule has 1 atom stereocenters. The van der Waals surface area contributed by atoms with Gasteiger partial charge in [0.15, 0.2) is 5.78 Å². The summed E-state index contributed by atoms with van der Waals surface area (Å²) in [5, 5.41) is 6.61. The Labute approximate surface area is 76.8 Å². The van der Waals surface area contributed by atoms with E-state index in [4.69, 9.17) is 11.1 Å². The van der Waals surface area contributed by atoms with Gasteiger partial charge < -0.3 is 15.9 Å². The Balaban J connectivity index is 3.73. The number of carbonyl (C=O) groups is 2.